The maximum Gasteiger partial charge on any atom is 0.292 e. The van der Waals surface area contributed by atoms with Crippen LogP contribution in [-0.4, -0.2) is 11.6 Å². The van der Waals surface area contributed by atoms with E-state index in [-0.39, 0.29) is 12.4 Å². The van der Waals surface area contributed by atoms with E-state index in [1.54, 1.807) is 12.1 Å². The highest BCUT2D eigenvalue weighted by Crippen LogP contribution is 2.24. The lowest BCUT2D eigenvalue weighted by molar-refractivity contribution is -0.384. The lowest BCUT2D eigenvalue weighted by Gasteiger charge is -2.04. The number of rotatable bonds is 3. The molecule has 0 saturated heterocycles. The topological polar surface area (TPSA) is 81.2 Å². The van der Waals surface area contributed by atoms with Crippen molar-refractivity contribution in [2.45, 2.75) is 6.92 Å². The van der Waals surface area contributed by atoms with E-state index in [0.717, 1.165) is 5.56 Å². The second-order valence-electron chi connectivity index (χ2n) is 2.66. The number of aryl methyl sites for hydroxylation is 1. The number of nitrogens with one attached hydrogen (secondary N) is 1. The van der Waals surface area contributed by atoms with Crippen molar-refractivity contribution in [3.8, 4) is 0 Å². The summed E-state index contributed by atoms with van der Waals surface area (Å²) in [5.74, 6) is 0. The summed E-state index contributed by atoms with van der Waals surface area (Å²) in [5, 5.41) is 13.3. The van der Waals surface area contributed by atoms with Gasteiger partial charge in [0.15, 0.2) is 0 Å². The Morgan fingerprint density at radius 2 is 2.31 bits per heavy atom. The van der Waals surface area contributed by atoms with E-state index in [4.69, 9.17) is 5.73 Å². The highest BCUT2D eigenvalue weighted by molar-refractivity contribution is 5.62. The van der Waals surface area contributed by atoms with Crippen molar-refractivity contribution in [1.82, 2.24) is 0 Å². The third-order valence-electron chi connectivity index (χ3n) is 1.64. The first-order chi connectivity index (χ1) is 6.15. The van der Waals surface area contributed by atoms with Gasteiger partial charge in [-0.25, -0.2) is 0 Å². The molecule has 0 aliphatic heterocycles. The minimum atomic E-state index is -0.433. The van der Waals surface area contributed by atoms with Crippen molar-refractivity contribution < 1.29 is 4.92 Å². The number of hydrogen-bond donors (Lipinski definition) is 2. The van der Waals surface area contributed by atoms with E-state index in [1.807, 2.05) is 6.92 Å². The van der Waals surface area contributed by atoms with Crippen LogP contribution in [0.2, 0.25) is 0 Å². The van der Waals surface area contributed by atoms with E-state index in [1.165, 1.54) is 6.07 Å². The van der Waals surface area contributed by atoms with Crippen molar-refractivity contribution in [2.24, 2.45) is 5.73 Å². The fraction of sp³-hybridized carbons (Fsp3) is 0.250. The van der Waals surface area contributed by atoms with Gasteiger partial charge in [-0.2, -0.15) is 0 Å². The van der Waals surface area contributed by atoms with Crippen LogP contribution in [0.4, 0.5) is 11.4 Å². The van der Waals surface area contributed by atoms with Crippen LogP contribution in [0.15, 0.2) is 18.2 Å². The summed E-state index contributed by atoms with van der Waals surface area (Å²) in [6, 6.07) is 4.86. The first kappa shape index (κ1) is 9.47. The normalized spacial score (nSPS) is 9.69. The Labute approximate surface area is 75.7 Å². The largest absolute Gasteiger partial charge is 0.367 e. The van der Waals surface area contributed by atoms with Crippen molar-refractivity contribution >= 4 is 11.4 Å². The van der Waals surface area contributed by atoms with Crippen molar-refractivity contribution in [3.05, 3.63) is 33.9 Å². The van der Waals surface area contributed by atoms with Gasteiger partial charge in [-0.05, 0) is 18.6 Å². The smallest absolute Gasteiger partial charge is 0.292 e. The fourth-order valence-electron chi connectivity index (χ4n) is 1.06. The van der Waals surface area contributed by atoms with Gasteiger partial charge in [-0.1, -0.05) is 6.07 Å². The standard InChI is InChI=1S/C8H11N3O2/c1-6-2-3-8(11(12)13)7(4-6)10-5-9/h2-4,10H,5,9H2,1H3. The van der Waals surface area contributed by atoms with E-state index in [2.05, 4.69) is 5.32 Å². The number of benzene rings is 1. The molecule has 0 atom stereocenters. The SMILES string of the molecule is Cc1ccc([N+](=O)[O-])c(NCN)c1. The third kappa shape index (κ3) is 2.16. The molecule has 5 nitrogen and oxygen atoms in total. The van der Waals surface area contributed by atoms with E-state index >= 15 is 0 Å². The van der Waals surface area contributed by atoms with E-state index in [9.17, 15) is 10.1 Å². The van der Waals surface area contributed by atoms with Crippen LogP contribution in [-0.2, 0) is 0 Å². The van der Waals surface area contributed by atoms with Gasteiger partial charge in [0.1, 0.15) is 5.69 Å². The summed E-state index contributed by atoms with van der Waals surface area (Å²) < 4.78 is 0. The third-order valence-corrected chi connectivity index (χ3v) is 1.64. The number of anilines is 1. The Morgan fingerprint density at radius 1 is 1.62 bits per heavy atom. The van der Waals surface area contributed by atoms with Crippen molar-refractivity contribution in [1.29, 1.82) is 0 Å². The maximum absolute atomic E-state index is 10.5. The second kappa shape index (κ2) is 3.86. The van der Waals surface area contributed by atoms with Gasteiger partial charge < -0.3 is 11.1 Å². The summed E-state index contributed by atoms with van der Waals surface area (Å²) in [5.41, 5.74) is 6.72. The number of nitro groups is 1. The summed E-state index contributed by atoms with van der Waals surface area (Å²) in [4.78, 5) is 10.1. The van der Waals surface area contributed by atoms with Crippen LogP contribution >= 0.6 is 0 Å². The zero-order valence-electron chi connectivity index (χ0n) is 7.28. The van der Waals surface area contributed by atoms with Gasteiger partial charge in [0.25, 0.3) is 5.69 Å². The Morgan fingerprint density at radius 3 is 2.85 bits per heavy atom. The molecule has 0 amide bonds. The molecule has 70 valence electrons. The first-order valence-electron chi connectivity index (χ1n) is 3.84. The van der Waals surface area contributed by atoms with Crippen LogP contribution in [0.5, 0.6) is 0 Å². The molecule has 0 aliphatic rings. The summed E-state index contributed by atoms with van der Waals surface area (Å²) >= 11 is 0. The lowest BCUT2D eigenvalue weighted by atomic mass is 10.2. The monoisotopic (exact) mass is 181 g/mol. The number of hydrogen-bond acceptors (Lipinski definition) is 4. The molecule has 0 spiro atoms. The van der Waals surface area contributed by atoms with Crippen LogP contribution < -0.4 is 11.1 Å². The molecule has 0 heterocycles. The molecule has 1 aromatic rings. The molecule has 0 aromatic heterocycles. The molecule has 1 rings (SSSR count). The second-order valence-corrected chi connectivity index (χ2v) is 2.66. The quantitative estimate of drug-likeness (QED) is 0.417. The number of nitrogens with two attached hydrogens (primary N) is 1. The van der Waals surface area contributed by atoms with E-state index in [0.29, 0.717) is 5.69 Å². The molecular formula is C8H11N3O2. The average molecular weight is 181 g/mol. The van der Waals surface area contributed by atoms with Gasteiger partial charge in [0, 0.05) is 6.07 Å². The molecule has 13 heavy (non-hydrogen) atoms. The lowest BCUT2D eigenvalue weighted by Crippen LogP contribution is -2.12. The summed E-state index contributed by atoms with van der Waals surface area (Å²) in [6.07, 6.45) is 0. The minimum absolute atomic E-state index is 0.0519. The van der Waals surface area contributed by atoms with Crippen molar-refractivity contribution in [2.75, 3.05) is 12.0 Å². The summed E-state index contributed by atoms with van der Waals surface area (Å²) in [7, 11) is 0. The highest BCUT2D eigenvalue weighted by atomic mass is 16.6. The van der Waals surface area contributed by atoms with Gasteiger partial charge in [-0.15, -0.1) is 0 Å². The van der Waals surface area contributed by atoms with Crippen LogP contribution in [0, 0.1) is 17.0 Å². The van der Waals surface area contributed by atoms with Crippen LogP contribution in [0.3, 0.4) is 0 Å². The molecule has 0 fully saturated rings. The Balaban J connectivity index is 3.10. The average Bonchev–Trinajstić information content (AvgIpc) is 2.04. The molecular weight excluding hydrogens is 170 g/mol. The molecule has 5 heteroatoms. The van der Waals surface area contributed by atoms with Gasteiger partial charge >= 0.3 is 0 Å². The minimum Gasteiger partial charge on any atom is -0.367 e. The van der Waals surface area contributed by atoms with Gasteiger partial charge in [-0.3, -0.25) is 10.1 Å². The fourth-order valence-corrected chi connectivity index (χ4v) is 1.06. The van der Waals surface area contributed by atoms with E-state index < -0.39 is 4.92 Å². The van der Waals surface area contributed by atoms with Crippen LogP contribution in [0.25, 0.3) is 0 Å². The molecule has 0 unspecified atom stereocenters. The zero-order chi connectivity index (χ0) is 9.84. The predicted molar refractivity (Wildman–Crippen MR) is 50.5 cm³/mol. The summed E-state index contributed by atoms with van der Waals surface area (Å²) in [6.45, 7) is 2.05. The van der Waals surface area contributed by atoms with Crippen molar-refractivity contribution in [3.63, 3.8) is 0 Å². The van der Waals surface area contributed by atoms with Gasteiger partial charge in [0.05, 0.1) is 11.6 Å². The number of nitro benzene ring substituents is 1. The highest BCUT2D eigenvalue weighted by Gasteiger charge is 2.11. The molecule has 1 aromatic carbocycles. The molecule has 0 radical (unpaired) electrons. The molecule has 3 N–H and O–H groups in total. The Hall–Kier alpha value is -1.62. The van der Waals surface area contributed by atoms with Gasteiger partial charge in [0.2, 0.25) is 0 Å². The zero-order valence-corrected chi connectivity index (χ0v) is 7.28. The molecule has 0 aliphatic carbocycles. The number of nitrogens with zero attached hydrogens (tertiary/aromatic N) is 1. The predicted octanol–water partition coefficient (Wildman–Crippen LogP) is 1.23. The Bertz CT molecular complexity index is 325. The maximum atomic E-state index is 10.5. The first-order valence-corrected chi connectivity index (χ1v) is 3.84. The molecule has 0 saturated carbocycles. The van der Waals surface area contributed by atoms with Crippen LogP contribution in [0.1, 0.15) is 5.56 Å². The Kier molecular flexibility index (Phi) is 2.81. The molecule has 0 bridgehead atoms.